The Hall–Kier alpha value is -3.46. The zero-order valence-electron chi connectivity index (χ0n) is 20.0. The molecule has 0 fully saturated rings. The Balaban J connectivity index is 1.20. The fourth-order valence-electron chi connectivity index (χ4n) is 5.31. The Kier molecular flexibility index (Phi) is 5.57. The molecular weight excluding hydrogens is 473 g/mol. The molecule has 0 atom stereocenters. The quantitative estimate of drug-likeness (QED) is 0.214. The van der Waals surface area contributed by atoms with Gasteiger partial charge in [0.15, 0.2) is 0 Å². The van der Waals surface area contributed by atoms with Gasteiger partial charge in [-0.1, -0.05) is 84.9 Å². The van der Waals surface area contributed by atoms with Crippen LogP contribution in [0.1, 0.15) is 22.3 Å². The number of aryl methyl sites for hydroxylation is 4. The van der Waals surface area contributed by atoms with Crippen LogP contribution in [0.2, 0.25) is 0 Å². The summed E-state index contributed by atoms with van der Waals surface area (Å²) < 4.78 is 5.59. The highest BCUT2D eigenvalue weighted by atomic mass is 32.1. The van der Waals surface area contributed by atoms with Gasteiger partial charge in [-0.15, -0.1) is 22.7 Å². The molecule has 0 bridgehead atoms. The average Bonchev–Trinajstić information content (AvgIpc) is 3.46. The molecule has 0 N–H and O–H groups in total. The molecule has 7 aromatic rings. The lowest BCUT2D eigenvalue weighted by molar-refractivity contribution is 0.963. The first-order chi connectivity index (χ1) is 17.8. The van der Waals surface area contributed by atoms with Gasteiger partial charge in [0.05, 0.1) is 0 Å². The van der Waals surface area contributed by atoms with Crippen LogP contribution in [0.3, 0.4) is 0 Å². The number of thiophene rings is 2. The van der Waals surface area contributed by atoms with E-state index in [1.54, 1.807) is 0 Å². The van der Waals surface area contributed by atoms with Crippen LogP contribution in [0.25, 0.3) is 40.3 Å². The molecule has 0 radical (unpaired) electrons. The molecule has 5 aromatic carbocycles. The van der Waals surface area contributed by atoms with Gasteiger partial charge in [-0.3, -0.25) is 0 Å². The summed E-state index contributed by atoms with van der Waals surface area (Å²) >= 11 is 3.88. The number of hydrogen-bond donors (Lipinski definition) is 0. The number of fused-ring (bicyclic) bond motifs is 6. The van der Waals surface area contributed by atoms with Crippen molar-refractivity contribution < 1.29 is 0 Å². The molecule has 36 heavy (non-hydrogen) atoms. The van der Waals surface area contributed by atoms with Crippen molar-refractivity contribution in [3.63, 3.8) is 0 Å². The van der Waals surface area contributed by atoms with Gasteiger partial charge in [-0.25, -0.2) is 0 Å². The zero-order valence-corrected chi connectivity index (χ0v) is 21.7. The van der Waals surface area contributed by atoms with Crippen LogP contribution in [0.4, 0.5) is 0 Å². The minimum Gasteiger partial charge on any atom is -0.135 e. The Labute approximate surface area is 219 Å². The predicted molar refractivity (Wildman–Crippen MR) is 160 cm³/mol. The third-order valence-corrected chi connectivity index (χ3v) is 9.52. The first kappa shape index (κ1) is 21.8. The number of benzene rings is 5. The molecule has 0 spiro atoms. The van der Waals surface area contributed by atoms with Crippen molar-refractivity contribution in [3.05, 3.63) is 131 Å². The zero-order chi connectivity index (χ0) is 23.9. The summed E-state index contributed by atoms with van der Waals surface area (Å²) in [4.78, 5) is 0. The maximum absolute atomic E-state index is 2.43. The van der Waals surface area contributed by atoms with Gasteiger partial charge >= 0.3 is 0 Å². The number of rotatable bonds is 6. The molecule has 174 valence electrons. The number of hydrogen-bond acceptors (Lipinski definition) is 2. The van der Waals surface area contributed by atoms with Crippen molar-refractivity contribution in [3.8, 4) is 0 Å². The summed E-state index contributed by atoms with van der Waals surface area (Å²) in [6.07, 6.45) is 4.35. The largest absolute Gasteiger partial charge is 0.135 e. The van der Waals surface area contributed by atoms with Crippen LogP contribution >= 0.6 is 22.7 Å². The van der Waals surface area contributed by atoms with Crippen LogP contribution in [0.15, 0.2) is 109 Å². The molecule has 0 nitrogen and oxygen atoms in total. The second-order valence-corrected chi connectivity index (χ2v) is 11.8. The molecule has 0 aliphatic heterocycles. The highest BCUT2D eigenvalue weighted by Gasteiger charge is 2.12. The highest BCUT2D eigenvalue weighted by molar-refractivity contribution is 7.27. The smallest absolute Gasteiger partial charge is 0.0362 e. The highest BCUT2D eigenvalue weighted by Crippen LogP contribution is 2.42. The SMILES string of the molecule is c1ccc(CCc2ccc3c(c2)sc2cc4c(cc23)sc2cc(CCc3ccccc3)ccc24)cc1. The molecule has 2 aromatic heterocycles. The van der Waals surface area contributed by atoms with E-state index < -0.39 is 0 Å². The first-order valence-corrected chi connectivity index (χ1v) is 14.3. The molecule has 2 heterocycles. The minimum atomic E-state index is 1.08. The molecule has 2 heteroatoms. The van der Waals surface area contributed by atoms with Gasteiger partial charge < -0.3 is 0 Å². The van der Waals surface area contributed by atoms with Crippen molar-refractivity contribution in [2.24, 2.45) is 0 Å². The van der Waals surface area contributed by atoms with Crippen molar-refractivity contribution in [1.82, 2.24) is 0 Å². The Bertz CT molecular complexity index is 1680. The fourth-order valence-corrected chi connectivity index (χ4v) is 7.69. The summed E-state index contributed by atoms with van der Waals surface area (Å²) in [5.41, 5.74) is 5.66. The van der Waals surface area contributed by atoms with Gasteiger partial charge in [-0.2, -0.15) is 0 Å². The Morgan fingerprint density at radius 1 is 0.333 bits per heavy atom. The van der Waals surface area contributed by atoms with Crippen LogP contribution in [0, 0.1) is 0 Å². The van der Waals surface area contributed by atoms with E-state index in [0.717, 1.165) is 25.7 Å². The van der Waals surface area contributed by atoms with Crippen LogP contribution in [-0.2, 0) is 25.7 Å². The summed E-state index contributed by atoms with van der Waals surface area (Å²) in [6, 6.07) is 40.6. The molecule has 0 aliphatic rings. The van der Waals surface area contributed by atoms with Crippen LogP contribution in [-0.4, -0.2) is 0 Å². The maximum Gasteiger partial charge on any atom is 0.0362 e. The lowest BCUT2D eigenvalue weighted by atomic mass is 10.0. The molecule has 0 saturated carbocycles. The topological polar surface area (TPSA) is 0 Å². The molecule has 7 rings (SSSR count). The van der Waals surface area contributed by atoms with E-state index in [1.165, 1.54) is 62.6 Å². The third-order valence-electron chi connectivity index (χ3n) is 7.28. The van der Waals surface area contributed by atoms with Crippen molar-refractivity contribution in [2.45, 2.75) is 25.7 Å². The average molecular weight is 499 g/mol. The molecule has 0 amide bonds. The van der Waals surface area contributed by atoms with E-state index in [0.29, 0.717) is 0 Å². The van der Waals surface area contributed by atoms with E-state index in [1.807, 2.05) is 22.7 Å². The van der Waals surface area contributed by atoms with Gasteiger partial charge in [0, 0.05) is 40.3 Å². The predicted octanol–water partition coefficient (Wildman–Crippen LogP) is 9.99. The molecule has 0 unspecified atom stereocenters. The van der Waals surface area contributed by atoms with Crippen LogP contribution < -0.4 is 0 Å². The van der Waals surface area contributed by atoms with Gasteiger partial charge in [-0.05, 0) is 72.2 Å². The third kappa shape index (κ3) is 4.11. The second kappa shape index (κ2) is 9.20. The summed E-state index contributed by atoms with van der Waals surface area (Å²) in [6.45, 7) is 0. The van der Waals surface area contributed by atoms with Gasteiger partial charge in [0.25, 0.3) is 0 Å². The van der Waals surface area contributed by atoms with Crippen molar-refractivity contribution >= 4 is 63.0 Å². The summed E-state index contributed by atoms with van der Waals surface area (Å²) in [5, 5.41) is 5.57. The lowest BCUT2D eigenvalue weighted by Gasteiger charge is -2.02. The van der Waals surface area contributed by atoms with E-state index in [9.17, 15) is 0 Å². The fraction of sp³-hybridized carbons (Fsp3) is 0.118. The monoisotopic (exact) mass is 498 g/mol. The Morgan fingerprint density at radius 2 is 0.722 bits per heavy atom. The van der Waals surface area contributed by atoms with Gasteiger partial charge in [0.1, 0.15) is 0 Å². The summed E-state index contributed by atoms with van der Waals surface area (Å²) in [5.74, 6) is 0. The van der Waals surface area contributed by atoms with E-state index >= 15 is 0 Å². The Morgan fingerprint density at radius 3 is 1.17 bits per heavy atom. The van der Waals surface area contributed by atoms with Crippen molar-refractivity contribution in [2.75, 3.05) is 0 Å². The van der Waals surface area contributed by atoms with Gasteiger partial charge in [0.2, 0.25) is 0 Å². The standard InChI is InChI=1S/C34H26S2/c1-3-7-23(8-4-1)11-13-25-15-17-27-29-21-34-30(22-33(29)35-31(27)19-25)28-18-16-26(20-32(28)36-34)14-12-24-9-5-2-6-10-24/h1-10,15-22H,11-14H2. The minimum absolute atomic E-state index is 1.08. The van der Waals surface area contributed by atoms with Crippen molar-refractivity contribution in [1.29, 1.82) is 0 Å². The van der Waals surface area contributed by atoms with E-state index in [2.05, 4.69) is 109 Å². The lowest BCUT2D eigenvalue weighted by Crippen LogP contribution is -1.90. The molecular formula is C34H26S2. The van der Waals surface area contributed by atoms with E-state index in [4.69, 9.17) is 0 Å². The normalized spacial score (nSPS) is 11.8. The molecule has 0 aliphatic carbocycles. The maximum atomic E-state index is 2.43. The first-order valence-electron chi connectivity index (χ1n) is 12.7. The summed E-state index contributed by atoms with van der Waals surface area (Å²) in [7, 11) is 0. The second-order valence-electron chi connectivity index (χ2n) is 9.68. The van der Waals surface area contributed by atoms with E-state index in [-0.39, 0.29) is 0 Å². The molecule has 0 saturated heterocycles. The van der Waals surface area contributed by atoms with Crippen LogP contribution in [0.5, 0.6) is 0 Å².